The van der Waals surface area contributed by atoms with E-state index in [1.54, 1.807) is 0 Å². The lowest BCUT2D eigenvalue weighted by Gasteiger charge is -2.10. The number of benzene rings is 1. The summed E-state index contributed by atoms with van der Waals surface area (Å²) in [4.78, 5) is 0. The normalized spacial score (nSPS) is 17.5. The fourth-order valence-corrected chi connectivity index (χ4v) is 2.64. The third-order valence-electron chi connectivity index (χ3n) is 3.25. The summed E-state index contributed by atoms with van der Waals surface area (Å²) in [6.07, 6.45) is 1.04. The van der Waals surface area contributed by atoms with Gasteiger partial charge in [-0.05, 0) is 24.7 Å². The van der Waals surface area contributed by atoms with Crippen molar-refractivity contribution in [1.82, 2.24) is 14.8 Å². The molecule has 1 aliphatic heterocycles. The smallest absolute Gasteiger partial charge is 0.195 e. The van der Waals surface area contributed by atoms with Gasteiger partial charge in [-0.1, -0.05) is 25.1 Å². The standard InChI is InChI=1S/C13H15N3OS/c1-2-7-16-12(14-15-13(16)18)10-8-17-11-6-4-3-5-9(10)11/h3-6,10H,2,7-8H2,1H3,(H,15,18). The minimum Gasteiger partial charge on any atom is -0.492 e. The molecule has 1 aromatic carbocycles. The lowest BCUT2D eigenvalue weighted by atomic mass is 10.0. The molecule has 3 rings (SSSR count). The second kappa shape index (κ2) is 4.57. The first kappa shape index (κ1) is 11.5. The number of aromatic amines is 1. The van der Waals surface area contributed by atoms with Crippen molar-refractivity contribution in [2.75, 3.05) is 6.61 Å². The van der Waals surface area contributed by atoms with Crippen molar-refractivity contribution >= 4 is 12.2 Å². The van der Waals surface area contributed by atoms with Crippen LogP contribution < -0.4 is 4.74 Å². The molecule has 0 saturated heterocycles. The Morgan fingerprint density at radius 3 is 3.17 bits per heavy atom. The van der Waals surface area contributed by atoms with Crippen LogP contribution in [-0.4, -0.2) is 21.4 Å². The van der Waals surface area contributed by atoms with Gasteiger partial charge in [-0.2, -0.15) is 5.10 Å². The fraction of sp³-hybridized carbons (Fsp3) is 0.385. The highest BCUT2D eigenvalue weighted by molar-refractivity contribution is 7.71. The summed E-state index contributed by atoms with van der Waals surface area (Å²) in [5.41, 5.74) is 1.20. The molecular weight excluding hydrogens is 246 g/mol. The zero-order valence-corrected chi connectivity index (χ0v) is 11.0. The molecule has 1 atom stereocenters. The van der Waals surface area contributed by atoms with Crippen molar-refractivity contribution in [2.45, 2.75) is 25.8 Å². The molecule has 0 amide bonds. The van der Waals surface area contributed by atoms with Crippen molar-refractivity contribution in [3.63, 3.8) is 0 Å². The van der Waals surface area contributed by atoms with Crippen LogP contribution in [0.4, 0.5) is 0 Å². The van der Waals surface area contributed by atoms with E-state index in [9.17, 15) is 0 Å². The highest BCUT2D eigenvalue weighted by Gasteiger charge is 2.29. The maximum absolute atomic E-state index is 5.71. The summed E-state index contributed by atoms with van der Waals surface area (Å²) >= 11 is 5.28. The van der Waals surface area contributed by atoms with Gasteiger partial charge in [-0.25, -0.2) is 0 Å². The summed E-state index contributed by atoms with van der Waals surface area (Å²) in [6, 6.07) is 8.12. The quantitative estimate of drug-likeness (QED) is 0.864. The molecule has 5 heteroatoms. The van der Waals surface area contributed by atoms with E-state index in [1.165, 1.54) is 5.56 Å². The van der Waals surface area contributed by atoms with Crippen LogP contribution in [0, 0.1) is 4.77 Å². The van der Waals surface area contributed by atoms with Crippen LogP contribution in [0.5, 0.6) is 5.75 Å². The predicted octanol–water partition coefficient (Wildman–Crippen LogP) is 2.87. The summed E-state index contributed by atoms with van der Waals surface area (Å²) in [7, 11) is 0. The number of nitrogens with one attached hydrogen (secondary N) is 1. The van der Waals surface area contributed by atoms with Gasteiger partial charge in [0, 0.05) is 12.1 Å². The van der Waals surface area contributed by atoms with E-state index in [4.69, 9.17) is 17.0 Å². The van der Waals surface area contributed by atoms with Crippen LogP contribution in [0.2, 0.25) is 0 Å². The van der Waals surface area contributed by atoms with Crippen molar-refractivity contribution in [3.8, 4) is 5.75 Å². The molecule has 1 aromatic heterocycles. The van der Waals surface area contributed by atoms with Gasteiger partial charge < -0.3 is 9.30 Å². The second-order valence-electron chi connectivity index (χ2n) is 4.44. The number of para-hydroxylation sites is 1. The van der Waals surface area contributed by atoms with Crippen LogP contribution in [0.3, 0.4) is 0 Å². The van der Waals surface area contributed by atoms with Gasteiger partial charge in [0.15, 0.2) is 4.77 Å². The Kier molecular flexibility index (Phi) is 2.91. The number of hydrogen-bond acceptors (Lipinski definition) is 3. The summed E-state index contributed by atoms with van der Waals surface area (Å²) in [6.45, 7) is 3.67. The van der Waals surface area contributed by atoms with Gasteiger partial charge in [-0.15, -0.1) is 0 Å². The van der Waals surface area contributed by atoms with Gasteiger partial charge >= 0.3 is 0 Å². The van der Waals surface area contributed by atoms with E-state index < -0.39 is 0 Å². The van der Waals surface area contributed by atoms with Gasteiger partial charge in [-0.3, -0.25) is 5.10 Å². The Balaban J connectivity index is 2.05. The Bertz CT molecular complexity index is 617. The molecule has 94 valence electrons. The Morgan fingerprint density at radius 1 is 1.50 bits per heavy atom. The zero-order valence-electron chi connectivity index (χ0n) is 10.2. The van der Waals surface area contributed by atoms with E-state index >= 15 is 0 Å². The largest absolute Gasteiger partial charge is 0.492 e. The fourth-order valence-electron chi connectivity index (χ4n) is 2.41. The minimum atomic E-state index is 0.181. The average molecular weight is 261 g/mol. The van der Waals surface area contributed by atoms with E-state index in [0.717, 1.165) is 24.5 Å². The molecular formula is C13H15N3OS. The van der Waals surface area contributed by atoms with Crippen molar-refractivity contribution < 1.29 is 4.74 Å². The van der Waals surface area contributed by atoms with Crippen molar-refractivity contribution in [3.05, 3.63) is 40.4 Å². The lowest BCUT2D eigenvalue weighted by Crippen LogP contribution is -2.11. The second-order valence-corrected chi connectivity index (χ2v) is 4.83. The molecule has 0 radical (unpaired) electrons. The van der Waals surface area contributed by atoms with Crippen LogP contribution in [0.15, 0.2) is 24.3 Å². The maximum atomic E-state index is 5.71. The third-order valence-corrected chi connectivity index (χ3v) is 3.56. The Labute approximate surface area is 111 Å². The van der Waals surface area contributed by atoms with Gasteiger partial charge in [0.05, 0.1) is 5.92 Å². The zero-order chi connectivity index (χ0) is 12.5. The highest BCUT2D eigenvalue weighted by atomic mass is 32.1. The van der Waals surface area contributed by atoms with E-state index in [1.807, 2.05) is 18.2 Å². The molecule has 1 aliphatic rings. The first-order valence-corrected chi connectivity index (χ1v) is 6.59. The van der Waals surface area contributed by atoms with Gasteiger partial charge in [0.25, 0.3) is 0 Å². The molecule has 1 unspecified atom stereocenters. The lowest BCUT2D eigenvalue weighted by molar-refractivity contribution is 0.337. The molecule has 4 nitrogen and oxygen atoms in total. The molecule has 0 spiro atoms. The first-order chi connectivity index (χ1) is 8.81. The van der Waals surface area contributed by atoms with Gasteiger partial charge in [0.2, 0.25) is 0 Å². The number of aromatic nitrogens is 3. The Morgan fingerprint density at radius 2 is 2.33 bits per heavy atom. The van der Waals surface area contributed by atoms with E-state index in [2.05, 4.69) is 27.8 Å². The molecule has 0 bridgehead atoms. The minimum absolute atomic E-state index is 0.181. The van der Waals surface area contributed by atoms with Crippen LogP contribution in [-0.2, 0) is 6.54 Å². The average Bonchev–Trinajstić information content (AvgIpc) is 2.95. The number of nitrogens with zero attached hydrogens (tertiary/aromatic N) is 2. The van der Waals surface area contributed by atoms with Crippen LogP contribution >= 0.6 is 12.2 Å². The number of ether oxygens (including phenoxy) is 1. The summed E-state index contributed by atoms with van der Waals surface area (Å²) < 4.78 is 8.47. The van der Waals surface area contributed by atoms with Crippen LogP contribution in [0.1, 0.15) is 30.7 Å². The Hall–Kier alpha value is -1.62. The molecule has 0 saturated carbocycles. The summed E-state index contributed by atoms with van der Waals surface area (Å²) in [5.74, 6) is 2.12. The molecule has 1 N–H and O–H groups in total. The first-order valence-electron chi connectivity index (χ1n) is 6.18. The van der Waals surface area contributed by atoms with Gasteiger partial charge in [0.1, 0.15) is 18.2 Å². The topological polar surface area (TPSA) is 42.8 Å². The van der Waals surface area contributed by atoms with E-state index in [-0.39, 0.29) is 5.92 Å². The monoisotopic (exact) mass is 261 g/mol. The molecule has 2 aromatic rings. The number of hydrogen-bond donors (Lipinski definition) is 1. The molecule has 2 heterocycles. The number of fused-ring (bicyclic) bond motifs is 1. The number of rotatable bonds is 3. The molecule has 0 aliphatic carbocycles. The van der Waals surface area contributed by atoms with Crippen LogP contribution in [0.25, 0.3) is 0 Å². The molecule has 18 heavy (non-hydrogen) atoms. The maximum Gasteiger partial charge on any atom is 0.195 e. The third kappa shape index (κ3) is 1.75. The number of H-pyrrole nitrogens is 1. The van der Waals surface area contributed by atoms with Crippen molar-refractivity contribution in [2.24, 2.45) is 0 Å². The van der Waals surface area contributed by atoms with E-state index in [0.29, 0.717) is 11.4 Å². The SMILES string of the molecule is CCCn1c(C2COc3ccccc32)n[nH]c1=S. The highest BCUT2D eigenvalue weighted by Crippen LogP contribution is 2.36. The predicted molar refractivity (Wildman–Crippen MR) is 71.5 cm³/mol. The molecule has 0 fully saturated rings. The van der Waals surface area contributed by atoms with Crippen molar-refractivity contribution in [1.29, 1.82) is 0 Å². The summed E-state index contributed by atoms with van der Waals surface area (Å²) in [5, 5.41) is 7.27.